The Morgan fingerprint density at radius 2 is 1.77 bits per heavy atom. The molecule has 0 atom stereocenters. The molecule has 12 heteroatoms. The number of rotatable bonds is 3. The predicted molar refractivity (Wildman–Crippen MR) is 119 cm³/mol. The predicted octanol–water partition coefficient (Wildman–Crippen LogP) is 4.05. The van der Waals surface area contributed by atoms with Crippen LogP contribution in [0.5, 0.6) is 0 Å². The van der Waals surface area contributed by atoms with Gasteiger partial charge in [0, 0.05) is 24.0 Å². The Balaban J connectivity index is 1.92. The number of esters is 1. The van der Waals surface area contributed by atoms with Crippen molar-refractivity contribution in [2.24, 2.45) is 12.5 Å². The van der Waals surface area contributed by atoms with Gasteiger partial charge in [0.25, 0.3) is 5.91 Å². The number of benzene rings is 1. The van der Waals surface area contributed by atoms with Crippen LogP contribution in [-0.4, -0.2) is 49.1 Å². The molecule has 4 rings (SSSR count). The Kier molecular flexibility index (Phi) is 5.49. The molecular weight excluding hydrogens is 467 g/mol. The smallest absolute Gasteiger partial charge is 0.416 e. The first-order chi connectivity index (χ1) is 16.2. The summed E-state index contributed by atoms with van der Waals surface area (Å²) in [6.45, 7) is 4.75. The molecule has 1 aromatic carbocycles. The van der Waals surface area contributed by atoms with Crippen molar-refractivity contribution in [3.05, 3.63) is 41.7 Å². The molecule has 0 N–H and O–H groups in total. The fourth-order valence-electron chi connectivity index (χ4n) is 3.57. The van der Waals surface area contributed by atoms with Crippen LogP contribution in [0.4, 0.5) is 13.2 Å². The third kappa shape index (κ3) is 4.04. The van der Waals surface area contributed by atoms with Crippen LogP contribution in [0.1, 0.15) is 41.5 Å². The van der Waals surface area contributed by atoms with Crippen LogP contribution in [0, 0.1) is 5.41 Å². The van der Waals surface area contributed by atoms with Gasteiger partial charge in [0.1, 0.15) is 22.5 Å². The van der Waals surface area contributed by atoms with E-state index in [1.165, 1.54) is 24.0 Å². The molecule has 0 saturated heterocycles. The van der Waals surface area contributed by atoms with Crippen molar-refractivity contribution in [1.29, 1.82) is 0 Å². The zero-order chi connectivity index (χ0) is 25.9. The average Bonchev–Trinajstić information content (AvgIpc) is 3.33. The Labute approximate surface area is 196 Å². The van der Waals surface area contributed by atoms with E-state index in [2.05, 4.69) is 15.1 Å². The second kappa shape index (κ2) is 8.00. The Bertz CT molecular complexity index is 1530. The summed E-state index contributed by atoms with van der Waals surface area (Å²) in [5.41, 5.74) is -1.37. The number of aryl methyl sites for hydroxylation is 1. The van der Waals surface area contributed by atoms with Crippen molar-refractivity contribution in [2.75, 3.05) is 7.11 Å². The van der Waals surface area contributed by atoms with Gasteiger partial charge in [0.2, 0.25) is 5.78 Å². The van der Waals surface area contributed by atoms with Gasteiger partial charge in [-0.15, -0.1) is 0 Å². The number of halogens is 3. The minimum absolute atomic E-state index is 0.0184. The summed E-state index contributed by atoms with van der Waals surface area (Å²) in [6, 6.07) is 3.20. The van der Waals surface area contributed by atoms with Gasteiger partial charge in [0.15, 0.2) is 5.65 Å². The molecule has 0 amide bonds. The summed E-state index contributed by atoms with van der Waals surface area (Å²) in [5.74, 6) is -2.41. The summed E-state index contributed by atoms with van der Waals surface area (Å²) in [4.78, 5) is 46.5. The monoisotopic (exact) mass is 487 g/mol. The van der Waals surface area contributed by atoms with E-state index >= 15 is 0 Å². The van der Waals surface area contributed by atoms with E-state index in [1.807, 2.05) is 0 Å². The molecule has 3 heterocycles. The van der Waals surface area contributed by atoms with Crippen LogP contribution in [0.2, 0.25) is 0 Å². The van der Waals surface area contributed by atoms with Crippen LogP contribution in [0.15, 0.2) is 30.6 Å². The van der Waals surface area contributed by atoms with Gasteiger partial charge in [0.05, 0.1) is 24.4 Å². The number of hydrogen-bond acceptors (Lipinski definition) is 7. The third-order valence-corrected chi connectivity index (χ3v) is 5.42. The topological polar surface area (TPSA) is 109 Å². The van der Waals surface area contributed by atoms with E-state index in [1.54, 1.807) is 20.8 Å². The van der Waals surface area contributed by atoms with Gasteiger partial charge >= 0.3 is 12.1 Å². The Morgan fingerprint density at radius 1 is 1.09 bits per heavy atom. The number of alkyl halides is 3. The third-order valence-electron chi connectivity index (χ3n) is 5.42. The molecule has 0 radical (unpaired) electrons. The van der Waals surface area contributed by atoms with Crippen molar-refractivity contribution < 1.29 is 32.3 Å². The molecule has 9 nitrogen and oxygen atoms in total. The second-order valence-electron chi connectivity index (χ2n) is 8.92. The largest absolute Gasteiger partial charge is 0.465 e. The normalized spacial score (nSPS) is 12.3. The number of methoxy groups -OCH3 is 1. The first-order valence-corrected chi connectivity index (χ1v) is 10.3. The van der Waals surface area contributed by atoms with Crippen molar-refractivity contribution in [3.63, 3.8) is 0 Å². The van der Waals surface area contributed by atoms with Gasteiger partial charge in [-0.25, -0.2) is 14.8 Å². The maximum absolute atomic E-state index is 13.2. The molecule has 0 aliphatic carbocycles. The number of Topliss-reactive ketones (excluding diaryl/α,β-unsaturated/α-hetero) is 1. The van der Waals surface area contributed by atoms with Crippen molar-refractivity contribution in [1.82, 2.24) is 24.3 Å². The van der Waals surface area contributed by atoms with E-state index in [-0.39, 0.29) is 33.6 Å². The van der Waals surface area contributed by atoms with E-state index < -0.39 is 34.8 Å². The highest BCUT2D eigenvalue weighted by Crippen LogP contribution is 2.34. The van der Waals surface area contributed by atoms with E-state index in [4.69, 9.17) is 4.74 Å². The van der Waals surface area contributed by atoms with Crippen molar-refractivity contribution in [3.8, 4) is 11.4 Å². The van der Waals surface area contributed by atoms with E-state index in [0.29, 0.717) is 5.39 Å². The molecule has 0 saturated carbocycles. The van der Waals surface area contributed by atoms with E-state index in [0.717, 1.165) is 30.0 Å². The summed E-state index contributed by atoms with van der Waals surface area (Å²) < 4.78 is 46.5. The Hall–Kier alpha value is -4.09. The van der Waals surface area contributed by atoms with Crippen LogP contribution < -0.4 is 0 Å². The fraction of sp³-hybridized carbons (Fsp3) is 0.304. The second-order valence-corrected chi connectivity index (χ2v) is 8.92. The summed E-state index contributed by atoms with van der Waals surface area (Å²) in [6.07, 6.45) is -2.11. The highest BCUT2D eigenvalue weighted by Gasteiger charge is 2.33. The van der Waals surface area contributed by atoms with Gasteiger partial charge < -0.3 is 4.74 Å². The zero-order valence-electron chi connectivity index (χ0n) is 19.4. The number of nitrogens with zero attached hydrogens (tertiary/aromatic N) is 5. The molecule has 0 aliphatic rings. The van der Waals surface area contributed by atoms with Crippen LogP contribution in [0.3, 0.4) is 0 Å². The lowest BCUT2D eigenvalue weighted by Crippen LogP contribution is -2.32. The minimum atomic E-state index is -4.52. The standard InChI is InChI=1S/C23H20F3N5O4/c1-22(2,3)18(32)20(33)31-10-13(21(34)35-5)17-19(31)27-9-14(28-17)16-12-7-6-11(23(24,25)26)8-15(12)30(4)29-16/h6-10H,1-5H3. The lowest BCUT2D eigenvalue weighted by atomic mass is 9.90. The molecule has 0 bridgehead atoms. The lowest BCUT2D eigenvalue weighted by molar-refractivity contribution is -0.137. The average molecular weight is 487 g/mol. The SMILES string of the molecule is COC(=O)c1cn(C(=O)C(=O)C(C)(C)C)c2ncc(-c3nn(C)c4cc(C(F)(F)F)ccc34)nc12. The van der Waals surface area contributed by atoms with Gasteiger partial charge in [-0.05, 0) is 18.2 Å². The number of ether oxygens (including phenoxy) is 1. The maximum Gasteiger partial charge on any atom is 0.416 e. The number of aromatic nitrogens is 5. The first-order valence-electron chi connectivity index (χ1n) is 10.3. The van der Waals surface area contributed by atoms with E-state index in [9.17, 15) is 27.6 Å². The minimum Gasteiger partial charge on any atom is -0.465 e. The fourth-order valence-corrected chi connectivity index (χ4v) is 3.57. The van der Waals surface area contributed by atoms with Crippen LogP contribution in [-0.2, 0) is 22.8 Å². The van der Waals surface area contributed by atoms with Crippen molar-refractivity contribution in [2.45, 2.75) is 26.9 Å². The quantitative estimate of drug-likeness (QED) is 0.317. The lowest BCUT2D eigenvalue weighted by Gasteiger charge is -2.15. The summed E-state index contributed by atoms with van der Waals surface area (Å²) in [7, 11) is 2.64. The molecular formula is C23H20F3N5O4. The highest BCUT2D eigenvalue weighted by molar-refractivity contribution is 6.39. The number of hydrogen-bond donors (Lipinski definition) is 0. The zero-order valence-corrected chi connectivity index (χ0v) is 19.4. The van der Waals surface area contributed by atoms with Gasteiger partial charge in [-0.1, -0.05) is 20.8 Å². The molecule has 182 valence electrons. The van der Waals surface area contributed by atoms with Gasteiger partial charge in [-0.2, -0.15) is 18.3 Å². The summed E-state index contributed by atoms with van der Waals surface area (Å²) >= 11 is 0. The number of carbonyl (C=O) groups is 3. The number of carbonyl (C=O) groups excluding carboxylic acids is 3. The summed E-state index contributed by atoms with van der Waals surface area (Å²) in [5, 5.41) is 4.67. The molecule has 4 aromatic rings. The highest BCUT2D eigenvalue weighted by atomic mass is 19.4. The molecule has 0 spiro atoms. The van der Waals surface area contributed by atoms with Crippen molar-refractivity contribution >= 4 is 39.7 Å². The maximum atomic E-state index is 13.2. The molecule has 0 unspecified atom stereocenters. The first kappa shape index (κ1) is 24.0. The van der Waals surface area contributed by atoms with Crippen LogP contribution >= 0.6 is 0 Å². The van der Waals surface area contributed by atoms with Gasteiger partial charge in [-0.3, -0.25) is 18.8 Å². The molecule has 0 fully saturated rings. The molecule has 0 aliphatic heterocycles. The number of ketones is 1. The molecule has 3 aromatic heterocycles. The molecule has 35 heavy (non-hydrogen) atoms. The van der Waals surface area contributed by atoms with Crippen LogP contribution in [0.25, 0.3) is 33.5 Å². The number of fused-ring (bicyclic) bond motifs is 2. The Morgan fingerprint density at radius 3 is 2.37 bits per heavy atom.